The largest absolute Gasteiger partial charge is 0.321 e. The van der Waals surface area contributed by atoms with Crippen LogP contribution in [0.3, 0.4) is 0 Å². The summed E-state index contributed by atoms with van der Waals surface area (Å²) in [5.41, 5.74) is 2.55. The molecule has 0 aliphatic heterocycles. The molecule has 0 fully saturated rings. The summed E-state index contributed by atoms with van der Waals surface area (Å²) in [6, 6.07) is 13.3. The summed E-state index contributed by atoms with van der Waals surface area (Å²) in [4.78, 5) is 16.0. The van der Waals surface area contributed by atoms with Gasteiger partial charge in [0.05, 0.1) is 0 Å². The number of hydrogen-bond donors (Lipinski definition) is 1. The average Bonchev–Trinajstić information content (AvgIpc) is 2.50. The van der Waals surface area contributed by atoms with E-state index in [9.17, 15) is 4.79 Å². The number of anilines is 1. The fourth-order valence-electron chi connectivity index (χ4n) is 2.03. The Morgan fingerprint density at radius 3 is 2.55 bits per heavy atom. The monoisotopic (exact) mass is 268 g/mol. The molecule has 2 rings (SSSR count). The number of unbranched alkanes of at least 4 members (excludes halogenated alkanes) is 2. The minimum absolute atomic E-state index is 0.177. The van der Waals surface area contributed by atoms with Gasteiger partial charge in [0.25, 0.3) is 5.91 Å². The molecular weight excluding hydrogens is 248 g/mol. The van der Waals surface area contributed by atoms with Crippen LogP contribution >= 0.6 is 0 Å². The van der Waals surface area contributed by atoms with Crippen LogP contribution in [0.25, 0.3) is 0 Å². The number of aryl methyl sites for hydroxylation is 1. The van der Waals surface area contributed by atoms with E-state index in [2.05, 4.69) is 29.4 Å². The van der Waals surface area contributed by atoms with E-state index in [-0.39, 0.29) is 5.91 Å². The first-order valence-corrected chi connectivity index (χ1v) is 7.11. The molecule has 0 bridgehead atoms. The molecule has 20 heavy (non-hydrogen) atoms. The van der Waals surface area contributed by atoms with Gasteiger partial charge in [-0.25, -0.2) is 0 Å². The van der Waals surface area contributed by atoms with Crippen LogP contribution in [0.15, 0.2) is 48.7 Å². The van der Waals surface area contributed by atoms with Gasteiger partial charge in [0.15, 0.2) is 0 Å². The van der Waals surface area contributed by atoms with E-state index in [1.807, 2.05) is 12.1 Å². The maximum absolute atomic E-state index is 11.9. The van der Waals surface area contributed by atoms with Gasteiger partial charge < -0.3 is 5.32 Å². The highest BCUT2D eigenvalue weighted by molar-refractivity contribution is 6.02. The predicted molar refractivity (Wildman–Crippen MR) is 81.9 cm³/mol. The van der Waals surface area contributed by atoms with Crippen LogP contribution in [0.1, 0.15) is 42.2 Å². The van der Waals surface area contributed by atoms with Gasteiger partial charge in [0, 0.05) is 11.9 Å². The van der Waals surface area contributed by atoms with Crippen molar-refractivity contribution in [3.05, 3.63) is 59.9 Å². The van der Waals surface area contributed by atoms with Crippen LogP contribution in [0.5, 0.6) is 0 Å². The quantitative estimate of drug-likeness (QED) is 0.802. The standard InChI is InChI=1S/C17H20N2O/c1-2-3-4-7-14-9-11-15(12-10-14)19-17(20)16-8-5-6-13-18-16/h5-6,8-13H,2-4,7H2,1H3,(H,19,20). The van der Waals surface area contributed by atoms with E-state index in [0.717, 1.165) is 12.1 Å². The van der Waals surface area contributed by atoms with Crippen LogP contribution in [0.2, 0.25) is 0 Å². The summed E-state index contributed by atoms with van der Waals surface area (Å²) in [5.74, 6) is -0.177. The molecule has 3 heteroatoms. The Labute approximate surface area is 120 Å². The van der Waals surface area contributed by atoms with Gasteiger partial charge in [-0.15, -0.1) is 0 Å². The molecule has 104 valence electrons. The van der Waals surface area contributed by atoms with Crippen LogP contribution in [-0.2, 0) is 6.42 Å². The third-order valence-corrected chi connectivity index (χ3v) is 3.18. The summed E-state index contributed by atoms with van der Waals surface area (Å²) < 4.78 is 0. The Morgan fingerprint density at radius 1 is 1.10 bits per heavy atom. The van der Waals surface area contributed by atoms with E-state index in [0.29, 0.717) is 5.69 Å². The van der Waals surface area contributed by atoms with Gasteiger partial charge in [-0.05, 0) is 42.7 Å². The Morgan fingerprint density at radius 2 is 1.90 bits per heavy atom. The maximum atomic E-state index is 11.9. The van der Waals surface area contributed by atoms with E-state index >= 15 is 0 Å². The minimum Gasteiger partial charge on any atom is -0.321 e. The van der Waals surface area contributed by atoms with Gasteiger partial charge in [-0.1, -0.05) is 38.0 Å². The lowest BCUT2D eigenvalue weighted by molar-refractivity contribution is 0.102. The number of carbonyl (C=O) groups is 1. The molecule has 1 N–H and O–H groups in total. The summed E-state index contributed by atoms with van der Waals surface area (Å²) in [5, 5.41) is 2.85. The second kappa shape index (κ2) is 7.43. The van der Waals surface area contributed by atoms with Crippen molar-refractivity contribution in [3.8, 4) is 0 Å². The molecule has 0 unspecified atom stereocenters. The van der Waals surface area contributed by atoms with Gasteiger partial charge in [-0.2, -0.15) is 0 Å². The van der Waals surface area contributed by atoms with Gasteiger partial charge in [0.1, 0.15) is 5.69 Å². The third kappa shape index (κ3) is 4.19. The van der Waals surface area contributed by atoms with Crippen molar-refractivity contribution < 1.29 is 4.79 Å². The number of pyridine rings is 1. The zero-order valence-corrected chi connectivity index (χ0v) is 11.8. The molecule has 3 nitrogen and oxygen atoms in total. The van der Waals surface area contributed by atoms with Gasteiger partial charge in [0.2, 0.25) is 0 Å². The SMILES string of the molecule is CCCCCc1ccc(NC(=O)c2ccccn2)cc1. The maximum Gasteiger partial charge on any atom is 0.274 e. The number of amides is 1. The molecule has 0 aliphatic rings. The minimum atomic E-state index is -0.177. The average molecular weight is 268 g/mol. The molecule has 0 aliphatic carbocycles. The van der Waals surface area contributed by atoms with E-state index < -0.39 is 0 Å². The van der Waals surface area contributed by atoms with Crippen LogP contribution in [-0.4, -0.2) is 10.9 Å². The number of aromatic nitrogens is 1. The molecule has 0 saturated carbocycles. The lowest BCUT2D eigenvalue weighted by Crippen LogP contribution is -2.13. The highest BCUT2D eigenvalue weighted by Crippen LogP contribution is 2.13. The molecule has 0 saturated heterocycles. The third-order valence-electron chi connectivity index (χ3n) is 3.18. The molecule has 0 radical (unpaired) electrons. The van der Waals surface area contributed by atoms with E-state index in [1.165, 1.54) is 24.8 Å². The number of benzene rings is 1. The second-order valence-corrected chi connectivity index (χ2v) is 4.82. The summed E-state index contributed by atoms with van der Waals surface area (Å²) in [7, 11) is 0. The molecule has 1 aromatic carbocycles. The zero-order valence-electron chi connectivity index (χ0n) is 11.8. The van der Waals surface area contributed by atoms with E-state index in [4.69, 9.17) is 0 Å². The normalized spacial score (nSPS) is 10.2. The van der Waals surface area contributed by atoms with Crippen molar-refractivity contribution in [2.45, 2.75) is 32.6 Å². The Balaban J connectivity index is 1.92. The highest BCUT2D eigenvalue weighted by atomic mass is 16.1. The molecule has 1 amide bonds. The number of carbonyl (C=O) groups excluding carboxylic acids is 1. The molecule has 2 aromatic rings. The second-order valence-electron chi connectivity index (χ2n) is 4.82. The summed E-state index contributed by atoms with van der Waals surface area (Å²) in [6.07, 6.45) is 6.43. The van der Waals surface area contributed by atoms with Crippen LogP contribution in [0, 0.1) is 0 Å². The van der Waals surface area contributed by atoms with Crippen molar-refractivity contribution in [3.63, 3.8) is 0 Å². The van der Waals surface area contributed by atoms with E-state index in [1.54, 1.807) is 24.4 Å². The van der Waals surface area contributed by atoms with Crippen LogP contribution < -0.4 is 5.32 Å². The molecule has 1 aromatic heterocycles. The first kappa shape index (κ1) is 14.3. The van der Waals surface area contributed by atoms with Gasteiger partial charge >= 0.3 is 0 Å². The number of rotatable bonds is 6. The van der Waals surface area contributed by atoms with Crippen molar-refractivity contribution >= 4 is 11.6 Å². The first-order valence-electron chi connectivity index (χ1n) is 7.11. The fraction of sp³-hybridized carbons (Fsp3) is 0.294. The summed E-state index contributed by atoms with van der Waals surface area (Å²) >= 11 is 0. The Kier molecular flexibility index (Phi) is 5.30. The summed E-state index contributed by atoms with van der Waals surface area (Å²) in [6.45, 7) is 2.20. The Hall–Kier alpha value is -2.16. The molecular formula is C17H20N2O. The highest BCUT2D eigenvalue weighted by Gasteiger charge is 2.06. The predicted octanol–water partition coefficient (Wildman–Crippen LogP) is 4.07. The van der Waals surface area contributed by atoms with Crippen molar-refractivity contribution in [2.24, 2.45) is 0 Å². The van der Waals surface area contributed by atoms with Crippen molar-refractivity contribution in [1.29, 1.82) is 0 Å². The smallest absolute Gasteiger partial charge is 0.274 e. The molecule has 0 spiro atoms. The number of nitrogens with zero attached hydrogens (tertiary/aromatic N) is 1. The Bertz CT molecular complexity index is 535. The van der Waals surface area contributed by atoms with Crippen molar-refractivity contribution in [1.82, 2.24) is 4.98 Å². The van der Waals surface area contributed by atoms with Crippen LogP contribution in [0.4, 0.5) is 5.69 Å². The zero-order chi connectivity index (χ0) is 14.2. The van der Waals surface area contributed by atoms with Crippen molar-refractivity contribution in [2.75, 3.05) is 5.32 Å². The lowest BCUT2D eigenvalue weighted by Gasteiger charge is -2.06. The molecule has 1 heterocycles. The fourth-order valence-corrected chi connectivity index (χ4v) is 2.03. The number of nitrogens with one attached hydrogen (secondary N) is 1. The van der Waals surface area contributed by atoms with Gasteiger partial charge in [-0.3, -0.25) is 9.78 Å². The number of hydrogen-bond acceptors (Lipinski definition) is 2. The first-order chi connectivity index (χ1) is 9.79. The molecule has 0 atom stereocenters. The lowest BCUT2D eigenvalue weighted by atomic mass is 10.1. The topological polar surface area (TPSA) is 42.0 Å².